The van der Waals surface area contributed by atoms with Gasteiger partial charge in [-0.15, -0.1) is 6.58 Å². The summed E-state index contributed by atoms with van der Waals surface area (Å²) in [6, 6.07) is 0. The molecule has 0 unspecified atom stereocenters. The van der Waals surface area contributed by atoms with E-state index in [-0.39, 0.29) is 6.10 Å². The maximum Gasteiger partial charge on any atom is 0.163 e. The Bertz CT molecular complexity index is 199. The number of hydrogen-bond donors (Lipinski definition) is 0. The summed E-state index contributed by atoms with van der Waals surface area (Å²) in [6.07, 6.45) is 7.15. The van der Waals surface area contributed by atoms with E-state index in [1.807, 2.05) is 19.9 Å². The van der Waals surface area contributed by atoms with Gasteiger partial charge in [-0.2, -0.15) is 0 Å². The van der Waals surface area contributed by atoms with Crippen molar-refractivity contribution in [1.29, 1.82) is 0 Å². The minimum atomic E-state index is -0.420. The Morgan fingerprint density at radius 3 is 2.73 bits per heavy atom. The Morgan fingerprint density at radius 2 is 2.13 bits per heavy atom. The van der Waals surface area contributed by atoms with Crippen LogP contribution in [0.2, 0.25) is 0 Å². The van der Waals surface area contributed by atoms with Gasteiger partial charge in [0, 0.05) is 5.92 Å². The molecule has 2 heteroatoms. The highest BCUT2D eigenvalue weighted by atomic mass is 16.7. The van der Waals surface area contributed by atoms with E-state index >= 15 is 0 Å². The number of ether oxygens (including phenoxy) is 2. The lowest BCUT2D eigenvalue weighted by Gasteiger charge is -2.40. The van der Waals surface area contributed by atoms with Crippen molar-refractivity contribution < 1.29 is 9.47 Å². The average molecular weight is 212 g/mol. The molecule has 2 nitrogen and oxygen atoms in total. The van der Waals surface area contributed by atoms with Gasteiger partial charge in [0.15, 0.2) is 5.79 Å². The molecule has 1 fully saturated rings. The maximum absolute atomic E-state index is 5.93. The fourth-order valence-electron chi connectivity index (χ4n) is 1.98. The van der Waals surface area contributed by atoms with E-state index in [2.05, 4.69) is 13.5 Å². The van der Waals surface area contributed by atoms with Crippen molar-refractivity contribution in [3.8, 4) is 0 Å². The Balaban J connectivity index is 2.44. The molecule has 0 amide bonds. The van der Waals surface area contributed by atoms with Gasteiger partial charge in [0.2, 0.25) is 0 Å². The van der Waals surface area contributed by atoms with Crippen LogP contribution in [0.5, 0.6) is 0 Å². The summed E-state index contributed by atoms with van der Waals surface area (Å²) in [5.41, 5.74) is 0. The first-order valence-electron chi connectivity index (χ1n) is 6.03. The summed E-state index contributed by atoms with van der Waals surface area (Å²) in [5, 5.41) is 0. The first-order chi connectivity index (χ1) is 7.09. The highest BCUT2D eigenvalue weighted by molar-refractivity contribution is 4.89. The SMILES string of the molecule is C=C[C@@H]1COC(C)(C)O[C@@H]1CCCCC. The molecule has 0 saturated carbocycles. The monoisotopic (exact) mass is 212 g/mol. The molecule has 88 valence electrons. The second-order valence-corrected chi connectivity index (χ2v) is 4.76. The fourth-order valence-corrected chi connectivity index (χ4v) is 1.98. The second-order valence-electron chi connectivity index (χ2n) is 4.76. The van der Waals surface area contributed by atoms with E-state index in [1.54, 1.807) is 0 Å². The van der Waals surface area contributed by atoms with Gasteiger partial charge in [-0.1, -0.05) is 32.3 Å². The summed E-state index contributed by atoms with van der Waals surface area (Å²) >= 11 is 0. The van der Waals surface area contributed by atoms with E-state index in [0.29, 0.717) is 5.92 Å². The third kappa shape index (κ3) is 3.96. The van der Waals surface area contributed by atoms with Crippen molar-refractivity contribution in [3.63, 3.8) is 0 Å². The molecule has 0 aromatic carbocycles. The second kappa shape index (κ2) is 5.66. The molecule has 15 heavy (non-hydrogen) atoms. The molecule has 1 heterocycles. The summed E-state index contributed by atoms with van der Waals surface area (Å²) in [5.74, 6) is -0.0639. The smallest absolute Gasteiger partial charge is 0.163 e. The molecule has 0 aromatic rings. The molecular formula is C13H24O2. The van der Waals surface area contributed by atoms with Crippen LogP contribution in [0.25, 0.3) is 0 Å². The lowest BCUT2D eigenvalue weighted by atomic mass is 9.96. The molecule has 1 rings (SSSR count). The first-order valence-corrected chi connectivity index (χ1v) is 6.03. The van der Waals surface area contributed by atoms with Gasteiger partial charge in [-0.05, 0) is 20.3 Å². The predicted molar refractivity (Wildman–Crippen MR) is 62.7 cm³/mol. The molecular weight excluding hydrogens is 188 g/mol. The Kier molecular flexibility index (Phi) is 4.81. The van der Waals surface area contributed by atoms with E-state index in [1.165, 1.54) is 19.3 Å². The number of hydrogen-bond acceptors (Lipinski definition) is 2. The molecule has 0 aliphatic carbocycles. The normalized spacial score (nSPS) is 30.1. The molecule has 0 spiro atoms. The van der Waals surface area contributed by atoms with E-state index < -0.39 is 5.79 Å². The summed E-state index contributed by atoms with van der Waals surface area (Å²) < 4.78 is 11.5. The number of unbranched alkanes of at least 4 members (excludes halogenated alkanes) is 2. The minimum absolute atomic E-state index is 0.290. The van der Waals surface area contributed by atoms with Gasteiger partial charge in [-0.25, -0.2) is 0 Å². The van der Waals surface area contributed by atoms with Crippen molar-refractivity contribution in [1.82, 2.24) is 0 Å². The predicted octanol–water partition coefficient (Wildman–Crippen LogP) is 3.52. The third-order valence-electron chi connectivity index (χ3n) is 2.93. The van der Waals surface area contributed by atoms with Gasteiger partial charge in [0.25, 0.3) is 0 Å². The highest BCUT2D eigenvalue weighted by Gasteiger charge is 2.34. The molecule has 1 aliphatic rings. The van der Waals surface area contributed by atoms with Gasteiger partial charge >= 0.3 is 0 Å². The molecule has 2 atom stereocenters. The quantitative estimate of drug-likeness (QED) is 0.513. The van der Waals surface area contributed by atoms with Crippen molar-refractivity contribution in [2.24, 2.45) is 5.92 Å². The van der Waals surface area contributed by atoms with Crippen LogP contribution in [0.4, 0.5) is 0 Å². The van der Waals surface area contributed by atoms with Crippen LogP contribution in [-0.2, 0) is 9.47 Å². The van der Waals surface area contributed by atoms with Crippen LogP contribution in [0.3, 0.4) is 0 Å². The lowest BCUT2D eigenvalue weighted by molar-refractivity contribution is -0.287. The van der Waals surface area contributed by atoms with E-state index in [4.69, 9.17) is 9.47 Å². The Hall–Kier alpha value is -0.340. The van der Waals surface area contributed by atoms with Crippen molar-refractivity contribution >= 4 is 0 Å². The Morgan fingerprint density at radius 1 is 1.40 bits per heavy atom. The molecule has 1 saturated heterocycles. The summed E-state index contributed by atoms with van der Waals surface area (Å²) in [4.78, 5) is 0. The van der Waals surface area contributed by atoms with Gasteiger partial charge < -0.3 is 9.47 Å². The minimum Gasteiger partial charge on any atom is -0.350 e. The van der Waals surface area contributed by atoms with Crippen LogP contribution < -0.4 is 0 Å². The van der Waals surface area contributed by atoms with Crippen LogP contribution in [0, 0.1) is 5.92 Å². The van der Waals surface area contributed by atoms with Gasteiger partial charge in [0.1, 0.15) is 0 Å². The van der Waals surface area contributed by atoms with Crippen molar-refractivity contribution in [3.05, 3.63) is 12.7 Å². The van der Waals surface area contributed by atoms with Gasteiger partial charge in [0.05, 0.1) is 12.7 Å². The summed E-state index contributed by atoms with van der Waals surface area (Å²) in [6.45, 7) is 10.8. The zero-order chi connectivity index (χ0) is 11.3. The fraction of sp³-hybridized carbons (Fsp3) is 0.846. The third-order valence-corrected chi connectivity index (χ3v) is 2.93. The van der Waals surface area contributed by atoms with Crippen molar-refractivity contribution in [2.45, 2.75) is 58.3 Å². The largest absolute Gasteiger partial charge is 0.350 e. The van der Waals surface area contributed by atoms with Gasteiger partial charge in [-0.3, -0.25) is 0 Å². The molecule has 0 N–H and O–H groups in total. The zero-order valence-electron chi connectivity index (χ0n) is 10.3. The Labute approximate surface area is 93.7 Å². The van der Waals surface area contributed by atoms with Crippen LogP contribution in [0.15, 0.2) is 12.7 Å². The van der Waals surface area contributed by atoms with Crippen LogP contribution >= 0.6 is 0 Å². The highest BCUT2D eigenvalue weighted by Crippen LogP contribution is 2.29. The lowest BCUT2D eigenvalue weighted by Crippen LogP contribution is -2.44. The number of rotatable bonds is 5. The molecule has 0 aromatic heterocycles. The molecule has 0 bridgehead atoms. The summed E-state index contributed by atoms with van der Waals surface area (Å²) in [7, 11) is 0. The van der Waals surface area contributed by atoms with E-state index in [9.17, 15) is 0 Å². The standard InChI is InChI=1S/C13H24O2/c1-5-7-8-9-12-11(6-2)10-14-13(3,4)15-12/h6,11-12H,2,5,7-10H2,1,3-4H3/t11-,12-/m1/s1. The zero-order valence-corrected chi connectivity index (χ0v) is 10.3. The topological polar surface area (TPSA) is 18.5 Å². The van der Waals surface area contributed by atoms with Crippen LogP contribution in [0.1, 0.15) is 46.5 Å². The van der Waals surface area contributed by atoms with Crippen molar-refractivity contribution in [2.75, 3.05) is 6.61 Å². The molecule has 0 radical (unpaired) electrons. The first kappa shape index (κ1) is 12.7. The van der Waals surface area contributed by atoms with Crippen LogP contribution in [-0.4, -0.2) is 18.5 Å². The van der Waals surface area contributed by atoms with E-state index in [0.717, 1.165) is 13.0 Å². The maximum atomic E-state index is 5.93. The average Bonchev–Trinajstić information content (AvgIpc) is 2.17. The molecule has 1 aliphatic heterocycles.